The lowest BCUT2D eigenvalue weighted by molar-refractivity contribution is -0.121. The summed E-state index contributed by atoms with van der Waals surface area (Å²) in [5.74, 6) is 0.602. The minimum Gasteiger partial charge on any atom is -0.489 e. The predicted molar refractivity (Wildman–Crippen MR) is 99.8 cm³/mol. The van der Waals surface area contributed by atoms with Gasteiger partial charge in [-0.15, -0.1) is 10.2 Å². The van der Waals surface area contributed by atoms with Crippen LogP contribution < -0.4 is 15.0 Å². The van der Waals surface area contributed by atoms with Crippen LogP contribution in [0.3, 0.4) is 0 Å². The number of benzene rings is 1. The molecule has 0 radical (unpaired) electrons. The van der Waals surface area contributed by atoms with Crippen molar-refractivity contribution in [3.63, 3.8) is 0 Å². The fraction of sp³-hybridized carbons (Fsp3) is 0.444. The number of rotatable bonds is 6. The lowest BCUT2D eigenvalue weighted by Gasteiger charge is -2.35. The number of ether oxygens (including phenoxy) is 1. The maximum Gasteiger partial charge on any atom is 0.253 e. The second-order valence-electron chi connectivity index (χ2n) is 6.71. The molecule has 2 aromatic rings. The highest BCUT2D eigenvalue weighted by Crippen LogP contribution is 2.34. The maximum atomic E-state index is 12.3. The number of aromatic nitrogens is 3. The van der Waals surface area contributed by atoms with Crippen molar-refractivity contribution in [2.75, 3.05) is 39.2 Å². The standard InChI is InChI=1S/C18H24N6O3/c1-22(2)18(26)13-4-5-16-15(8-13)23(3)14(10-27-16)9-17(25)19-6-7-24-11-20-21-12-24/h4-5,8,11-12,14H,6-7,9-10H2,1-3H3,(H,19,25)/t14-/m1/s1. The van der Waals surface area contributed by atoms with E-state index in [-0.39, 0.29) is 17.9 Å². The molecule has 0 unspecified atom stereocenters. The highest BCUT2D eigenvalue weighted by Gasteiger charge is 2.27. The molecule has 27 heavy (non-hydrogen) atoms. The maximum absolute atomic E-state index is 12.3. The van der Waals surface area contributed by atoms with E-state index in [1.165, 1.54) is 4.90 Å². The van der Waals surface area contributed by atoms with Gasteiger partial charge in [-0.25, -0.2) is 0 Å². The third kappa shape index (κ3) is 4.36. The first-order valence-electron chi connectivity index (χ1n) is 8.76. The van der Waals surface area contributed by atoms with Crippen LogP contribution in [0.5, 0.6) is 5.75 Å². The van der Waals surface area contributed by atoms with Crippen LogP contribution in [0.15, 0.2) is 30.9 Å². The van der Waals surface area contributed by atoms with Crippen LogP contribution in [0.4, 0.5) is 5.69 Å². The quantitative estimate of drug-likeness (QED) is 0.788. The minimum absolute atomic E-state index is 0.0486. The molecule has 1 atom stereocenters. The Morgan fingerprint density at radius 3 is 2.74 bits per heavy atom. The van der Waals surface area contributed by atoms with Crippen molar-refractivity contribution in [2.45, 2.75) is 19.0 Å². The van der Waals surface area contributed by atoms with E-state index >= 15 is 0 Å². The van der Waals surface area contributed by atoms with E-state index in [0.29, 0.717) is 31.7 Å². The van der Waals surface area contributed by atoms with E-state index in [2.05, 4.69) is 15.5 Å². The third-order valence-corrected chi connectivity index (χ3v) is 4.55. The first-order chi connectivity index (χ1) is 13.0. The van der Waals surface area contributed by atoms with Gasteiger partial charge in [-0.05, 0) is 18.2 Å². The van der Waals surface area contributed by atoms with Crippen LogP contribution in [0.2, 0.25) is 0 Å². The summed E-state index contributed by atoms with van der Waals surface area (Å²) in [5, 5.41) is 10.3. The van der Waals surface area contributed by atoms with Gasteiger partial charge in [0.25, 0.3) is 5.91 Å². The molecule has 2 amide bonds. The molecule has 9 heteroatoms. The number of likely N-dealkylation sites (N-methyl/N-ethyl adjacent to an activating group) is 1. The Hall–Kier alpha value is -3.10. The molecule has 0 spiro atoms. The van der Waals surface area contributed by atoms with E-state index in [1.807, 2.05) is 18.0 Å². The molecule has 2 heterocycles. The molecule has 0 fully saturated rings. The molecule has 0 saturated carbocycles. The number of carbonyl (C=O) groups excluding carboxylic acids is 2. The van der Waals surface area contributed by atoms with Gasteiger partial charge in [0.2, 0.25) is 5.91 Å². The fourth-order valence-electron chi connectivity index (χ4n) is 2.94. The molecule has 0 bridgehead atoms. The molecule has 0 saturated heterocycles. The number of amides is 2. The second kappa shape index (κ2) is 8.07. The zero-order chi connectivity index (χ0) is 19.4. The lowest BCUT2D eigenvalue weighted by Crippen LogP contribution is -2.44. The van der Waals surface area contributed by atoms with Crippen molar-refractivity contribution in [3.05, 3.63) is 36.4 Å². The molecule has 0 aliphatic carbocycles. The molecule has 9 nitrogen and oxygen atoms in total. The summed E-state index contributed by atoms with van der Waals surface area (Å²) in [6.45, 7) is 1.55. The lowest BCUT2D eigenvalue weighted by atomic mass is 10.1. The Morgan fingerprint density at radius 2 is 2.04 bits per heavy atom. The van der Waals surface area contributed by atoms with Gasteiger partial charge in [0.15, 0.2) is 0 Å². The molecule has 3 rings (SSSR count). The van der Waals surface area contributed by atoms with Crippen molar-refractivity contribution in [1.82, 2.24) is 25.0 Å². The highest BCUT2D eigenvalue weighted by atomic mass is 16.5. The van der Waals surface area contributed by atoms with E-state index in [9.17, 15) is 9.59 Å². The Labute approximate surface area is 157 Å². The predicted octanol–water partition coefficient (Wildman–Crippen LogP) is 0.384. The van der Waals surface area contributed by atoms with Crippen LogP contribution in [-0.4, -0.2) is 71.8 Å². The van der Waals surface area contributed by atoms with Crippen molar-refractivity contribution in [2.24, 2.45) is 0 Å². The third-order valence-electron chi connectivity index (χ3n) is 4.55. The largest absolute Gasteiger partial charge is 0.489 e. The van der Waals surface area contributed by atoms with Crippen LogP contribution in [0.25, 0.3) is 0 Å². The smallest absolute Gasteiger partial charge is 0.253 e. The van der Waals surface area contributed by atoms with Crippen LogP contribution in [0.1, 0.15) is 16.8 Å². The zero-order valence-corrected chi connectivity index (χ0v) is 15.8. The molecule has 144 valence electrons. The molecule has 1 aromatic carbocycles. The van der Waals surface area contributed by atoms with Crippen molar-refractivity contribution in [1.29, 1.82) is 0 Å². The van der Waals surface area contributed by atoms with Gasteiger partial charge >= 0.3 is 0 Å². The fourth-order valence-corrected chi connectivity index (χ4v) is 2.94. The average Bonchev–Trinajstić information content (AvgIpc) is 3.16. The monoisotopic (exact) mass is 372 g/mol. The van der Waals surface area contributed by atoms with Gasteiger partial charge in [0.1, 0.15) is 25.0 Å². The van der Waals surface area contributed by atoms with E-state index in [1.54, 1.807) is 43.4 Å². The van der Waals surface area contributed by atoms with Crippen molar-refractivity contribution >= 4 is 17.5 Å². The van der Waals surface area contributed by atoms with Crippen molar-refractivity contribution in [3.8, 4) is 5.75 Å². The average molecular weight is 372 g/mol. The minimum atomic E-state index is -0.0999. The normalized spacial score (nSPS) is 15.7. The second-order valence-corrected chi connectivity index (χ2v) is 6.71. The van der Waals surface area contributed by atoms with Crippen LogP contribution in [0, 0.1) is 0 Å². The number of hydrogen-bond acceptors (Lipinski definition) is 6. The zero-order valence-electron chi connectivity index (χ0n) is 15.8. The molecule has 1 N–H and O–H groups in total. The summed E-state index contributed by atoms with van der Waals surface area (Å²) in [7, 11) is 5.35. The Kier molecular flexibility index (Phi) is 5.58. The van der Waals surface area contributed by atoms with Crippen LogP contribution in [-0.2, 0) is 11.3 Å². The topological polar surface area (TPSA) is 92.6 Å². The SMILES string of the molecule is CN(C)C(=O)c1ccc2c(c1)N(C)[C@H](CC(=O)NCCn1cnnc1)CO2. The van der Waals surface area contributed by atoms with Gasteiger partial charge in [0.05, 0.1) is 18.2 Å². The number of hydrogen-bond donors (Lipinski definition) is 1. The summed E-state index contributed by atoms with van der Waals surface area (Å²) in [6.07, 6.45) is 3.53. The number of fused-ring (bicyclic) bond motifs is 1. The van der Waals surface area contributed by atoms with Crippen molar-refractivity contribution < 1.29 is 14.3 Å². The summed E-state index contributed by atoms with van der Waals surface area (Å²) in [5.41, 5.74) is 1.41. The number of anilines is 1. The molecular formula is C18H24N6O3. The number of nitrogens with one attached hydrogen (secondary N) is 1. The first-order valence-corrected chi connectivity index (χ1v) is 8.76. The van der Waals surface area contributed by atoms with E-state index in [0.717, 1.165) is 11.4 Å². The summed E-state index contributed by atoms with van der Waals surface area (Å²) < 4.78 is 7.60. The van der Waals surface area contributed by atoms with Crippen LogP contribution >= 0.6 is 0 Å². The first kappa shape index (κ1) is 18.7. The molecule has 1 aliphatic heterocycles. The molecular weight excluding hydrogens is 348 g/mol. The molecule has 1 aromatic heterocycles. The Balaban J connectivity index is 1.60. The summed E-state index contributed by atoms with van der Waals surface area (Å²) in [4.78, 5) is 28.0. The van der Waals surface area contributed by atoms with Gasteiger partial charge in [-0.2, -0.15) is 0 Å². The summed E-state index contributed by atoms with van der Waals surface area (Å²) >= 11 is 0. The Bertz CT molecular complexity index is 805. The van der Waals surface area contributed by atoms with Gasteiger partial charge in [-0.3, -0.25) is 9.59 Å². The number of nitrogens with zero attached hydrogens (tertiary/aromatic N) is 5. The van der Waals surface area contributed by atoms with Gasteiger partial charge in [0, 0.05) is 39.8 Å². The van der Waals surface area contributed by atoms with E-state index in [4.69, 9.17) is 4.74 Å². The van der Waals surface area contributed by atoms with Gasteiger partial charge < -0.3 is 24.4 Å². The molecule has 1 aliphatic rings. The summed E-state index contributed by atoms with van der Waals surface area (Å²) in [6, 6.07) is 5.27. The van der Waals surface area contributed by atoms with E-state index < -0.39 is 0 Å². The number of carbonyl (C=O) groups is 2. The highest BCUT2D eigenvalue weighted by molar-refractivity contribution is 5.95. The van der Waals surface area contributed by atoms with Gasteiger partial charge in [-0.1, -0.05) is 0 Å². The Morgan fingerprint density at radius 1 is 1.30 bits per heavy atom.